The van der Waals surface area contributed by atoms with Gasteiger partial charge in [0.25, 0.3) is 0 Å². The van der Waals surface area contributed by atoms with Gasteiger partial charge in [0, 0.05) is 24.3 Å². The summed E-state index contributed by atoms with van der Waals surface area (Å²) in [5.74, 6) is -0.150. The van der Waals surface area contributed by atoms with Crippen LogP contribution in [-0.4, -0.2) is 74.5 Å². The number of carboxylic acids is 1. The maximum atomic E-state index is 12.6. The smallest absolute Gasteiger partial charge is 0.317 e. The Balaban J connectivity index is 1.51. The van der Waals surface area contributed by atoms with Crippen LogP contribution in [-0.2, 0) is 14.4 Å². The van der Waals surface area contributed by atoms with Crippen LogP contribution >= 0.6 is 11.8 Å². The van der Waals surface area contributed by atoms with Gasteiger partial charge in [-0.15, -0.1) is 11.8 Å². The second-order valence-corrected chi connectivity index (χ2v) is 8.55. The SMILES string of the molecule is CCN(CC(=O)O)C1CC(NC(=O)C2CSC3(C)CCC(=O)N23)C1. The molecule has 2 N–H and O–H groups in total. The molecule has 2 amide bonds. The molecular weight excluding hydrogens is 330 g/mol. The van der Waals surface area contributed by atoms with Gasteiger partial charge in [-0.3, -0.25) is 19.3 Å². The predicted molar refractivity (Wildman–Crippen MR) is 90.6 cm³/mol. The summed E-state index contributed by atoms with van der Waals surface area (Å²) in [7, 11) is 0. The van der Waals surface area contributed by atoms with Crippen LogP contribution < -0.4 is 5.32 Å². The molecule has 0 bridgehead atoms. The Kier molecular flexibility index (Phi) is 4.79. The van der Waals surface area contributed by atoms with E-state index in [-0.39, 0.29) is 41.4 Å². The number of rotatable bonds is 6. The third kappa shape index (κ3) is 3.13. The highest BCUT2D eigenvalue weighted by Gasteiger charge is 2.53. The van der Waals surface area contributed by atoms with Crippen LogP contribution in [0.25, 0.3) is 0 Å². The van der Waals surface area contributed by atoms with Crippen molar-refractivity contribution in [1.82, 2.24) is 15.1 Å². The zero-order chi connectivity index (χ0) is 17.5. The van der Waals surface area contributed by atoms with Crippen LogP contribution in [0.15, 0.2) is 0 Å². The van der Waals surface area contributed by atoms with E-state index in [1.807, 2.05) is 18.7 Å². The number of carbonyl (C=O) groups excluding carboxylic acids is 2. The Morgan fingerprint density at radius 1 is 1.46 bits per heavy atom. The molecule has 2 aliphatic heterocycles. The molecule has 2 atom stereocenters. The molecule has 3 rings (SSSR count). The highest BCUT2D eigenvalue weighted by molar-refractivity contribution is 8.01. The van der Waals surface area contributed by atoms with Gasteiger partial charge in [-0.25, -0.2) is 0 Å². The lowest BCUT2D eigenvalue weighted by atomic mass is 9.85. The minimum absolute atomic E-state index is 0.0434. The number of carbonyl (C=O) groups is 3. The van der Waals surface area contributed by atoms with Crippen LogP contribution in [0.3, 0.4) is 0 Å². The Bertz CT molecular complexity index is 551. The number of thioether (sulfide) groups is 1. The lowest BCUT2D eigenvalue weighted by molar-refractivity contribution is -0.140. The van der Waals surface area contributed by atoms with Crippen molar-refractivity contribution < 1.29 is 19.5 Å². The molecule has 2 heterocycles. The first-order valence-electron chi connectivity index (χ1n) is 8.56. The van der Waals surface area contributed by atoms with E-state index < -0.39 is 5.97 Å². The van der Waals surface area contributed by atoms with E-state index in [1.165, 1.54) is 0 Å². The van der Waals surface area contributed by atoms with E-state index in [2.05, 4.69) is 5.32 Å². The van der Waals surface area contributed by atoms with Crippen molar-refractivity contribution in [1.29, 1.82) is 0 Å². The molecule has 0 spiro atoms. The van der Waals surface area contributed by atoms with Gasteiger partial charge in [0.2, 0.25) is 11.8 Å². The fourth-order valence-corrected chi connectivity index (χ4v) is 5.42. The Hall–Kier alpha value is -1.28. The summed E-state index contributed by atoms with van der Waals surface area (Å²) >= 11 is 1.69. The van der Waals surface area contributed by atoms with Gasteiger partial charge < -0.3 is 15.3 Å². The maximum Gasteiger partial charge on any atom is 0.317 e. The molecule has 8 heteroatoms. The number of likely N-dealkylation sites (N-methyl/N-ethyl adjacent to an activating group) is 1. The Morgan fingerprint density at radius 2 is 2.17 bits per heavy atom. The molecular formula is C16H25N3O4S. The number of fused-ring (bicyclic) bond motifs is 1. The van der Waals surface area contributed by atoms with Crippen LogP contribution in [0.5, 0.6) is 0 Å². The number of carboxylic acid groups (broad SMARTS) is 1. The van der Waals surface area contributed by atoms with Crippen molar-refractivity contribution in [2.75, 3.05) is 18.8 Å². The highest BCUT2D eigenvalue weighted by Crippen LogP contribution is 2.47. The Labute approximate surface area is 146 Å². The number of nitrogens with zero attached hydrogens (tertiary/aromatic N) is 2. The third-order valence-corrected chi connectivity index (χ3v) is 6.97. The van der Waals surface area contributed by atoms with Crippen molar-refractivity contribution in [3.05, 3.63) is 0 Å². The van der Waals surface area contributed by atoms with Gasteiger partial charge in [0.1, 0.15) is 6.04 Å². The zero-order valence-electron chi connectivity index (χ0n) is 14.2. The molecule has 1 aliphatic carbocycles. The summed E-state index contributed by atoms with van der Waals surface area (Å²) in [4.78, 5) is 39.0. The van der Waals surface area contributed by atoms with E-state index in [1.54, 1.807) is 16.7 Å². The minimum Gasteiger partial charge on any atom is -0.480 e. The average molecular weight is 355 g/mol. The molecule has 3 aliphatic rings. The molecule has 0 aromatic carbocycles. The number of hydrogen-bond donors (Lipinski definition) is 2. The summed E-state index contributed by atoms with van der Waals surface area (Å²) in [6.45, 7) is 4.73. The first-order valence-corrected chi connectivity index (χ1v) is 9.55. The largest absolute Gasteiger partial charge is 0.480 e. The van der Waals surface area contributed by atoms with Crippen LogP contribution in [0.1, 0.15) is 39.5 Å². The summed E-state index contributed by atoms with van der Waals surface area (Å²) in [6, 6.07) is -0.0664. The van der Waals surface area contributed by atoms with Crippen LogP contribution in [0.2, 0.25) is 0 Å². The van der Waals surface area contributed by atoms with Gasteiger partial charge in [-0.1, -0.05) is 6.92 Å². The van der Waals surface area contributed by atoms with E-state index in [4.69, 9.17) is 5.11 Å². The van der Waals surface area contributed by atoms with E-state index >= 15 is 0 Å². The topological polar surface area (TPSA) is 90.0 Å². The van der Waals surface area contributed by atoms with E-state index in [0.29, 0.717) is 18.7 Å². The Morgan fingerprint density at radius 3 is 2.79 bits per heavy atom. The number of amides is 2. The van der Waals surface area contributed by atoms with Gasteiger partial charge in [0.15, 0.2) is 0 Å². The molecule has 3 fully saturated rings. The number of nitrogens with one attached hydrogen (secondary N) is 1. The number of aliphatic carboxylic acids is 1. The molecule has 1 saturated carbocycles. The van der Waals surface area contributed by atoms with Crippen molar-refractivity contribution in [2.24, 2.45) is 0 Å². The quantitative estimate of drug-likeness (QED) is 0.721. The summed E-state index contributed by atoms with van der Waals surface area (Å²) in [6.07, 6.45) is 2.89. The van der Waals surface area contributed by atoms with Crippen molar-refractivity contribution in [3.63, 3.8) is 0 Å². The van der Waals surface area contributed by atoms with E-state index in [0.717, 1.165) is 19.3 Å². The van der Waals surface area contributed by atoms with Gasteiger partial charge >= 0.3 is 5.97 Å². The van der Waals surface area contributed by atoms with Gasteiger partial charge in [-0.05, 0) is 32.7 Å². The first kappa shape index (κ1) is 17.5. The van der Waals surface area contributed by atoms with Crippen LogP contribution in [0.4, 0.5) is 0 Å². The fourth-order valence-electron chi connectivity index (χ4n) is 3.99. The number of hydrogen-bond acceptors (Lipinski definition) is 5. The highest BCUT2D eigenvalue weighted by atomic mass is 32.2. The summed E-state index contributed by atoms with van der Waals surface area (Å²) < 4.78 is 0. The molecule has 24 heavy (non-hydrogen) atoms. The lowest BCUT2D eigenvalue weighted by Gasteiger charge is -2.42. The summed E-state index contributed by atoms with van der Waals surface area (Å²) in [5.41, 5.74) is 0. The molecule has 0 radical (unpaired) electrons. The minimum atomic E-state index is -0.820. The van der Waals surface area contributed by atoms with Gasteiger partial charge in [-0.2, -0.15) is 0 Å². The lowest BCUT2D eigenvalue weighted by Crippen LogP contribution is -2.58. The van der Waals surface area contributed by atoms with E-state index in [9.17, 15) is 14.4 Å². The molecule has 7 nitrogen and oxygen atoms in total. The molecule has 0 aromatic rings. The fraction of sp³-hybridized carbons (Fsp3) is 0.812. The van der Waals surface area contributed by atoms with Crippen molar-refractivity contribution in [2.45, 2.75) is 62.5 Å². The van der Waals surface area contributed by atoms with Crippen molar-refractivity contribution >= 4 is 29.5 Å². The standard InChI is InChI=1S/C16H25N3O4S/c1-3-18(8-14(21)22)11-6-10(7-11)17-15(23)12-9-24-16(2)5-4-13(20)19(12)16/h10-12H,3-9H2,1-2H3,(H,17,23)(H,21,22). The molecule has 0 aromatic heterocycles. The maximum absolute atomic E-state index is 12.6. The monoisotopic (exact) mass is 355 g/mol. The normalized spacial score (nSPS) is 35.0. The second-order valence-electron chi connectivity index (χ2n) is 7.05. The zero-order valence-corrected chi connectivity index (χ0v) is 15.0. The van der Waals surface area contributed by atoms with Gasteiger partial charge in [0.05, 0.1) is 11.4 Å². The predicted octanol–water partition coefficient (Wildman–Crippen LogP) is 0.494. The third-order valence-electron chi connectivity index (χ3n) is 5.47. The summed E-state index contributed by atoms with van der Waals surface area (Å²) in [5, 5.41) is 12.0. The molecule has 134 valence electrons. The average Bonchev–Trinajstić information content (AvgIpc) is 2.97. The first-order chi connectivity index (χ1) is 11.3. The molecule has 2 unspecified atom stereocenters. The van der Waals surface area contributed by atoms with Crippen LogP contribution in [0, 0.1) is 0 Å². The van der Waals surface area contributed by atoms with Crippen molar-refractivity contribution in [3.8, 4) is 0 Å². The molecule has 2 saturated heterocycles. The second kappa shape index (κ2) is 6.55.